The Bertz CT molecular complexity index is 1450. The molecule has 0 aliphatic carbocycles. The summed E-state index contributed by atoms with van der Waals surface area (Å²) in [5.74, 6) is 0.911. The number of hydrogen-bond donors (Lipinski definition) is 1. The van der Waals surface area contributed by atoms with Crippen molar-refractivity contribution in [3.05, 3.63) is 63.9 Å². The lowest BCUT2D eigenvalue weighted by Crippen LogP contribution is -2.44. The fraction of sp³-hybridized carbons (Fsp3) is 0.393. The second-order valence-electron chi connectivity index (χ2n) is 9.80. The van der Waals surface area contributed by atoms with Gasteiger partial charge in [0.15, 0.2) is 0 Å². The Labute approximate surface area is 220 Å². The number of aryl methyl sites for hydroxylation is 1. The first-order chi connectivity index (χ1) is 18.1. The minimum Gasteiger partial charge on any atom is -0.381 e. The minimum atomic E-state index is -0.0211. The van der Waals surface area contributed by atoms with E-state index < -0.39 is 0 Å². The highest BCUT2D eigenvalue weighted by Crippen LogP contribution is 2.35. The van der Waals surface area contributed by atoms with Crippen LogP contribution in [-0.4, -0.2) is 65.9 Å². The van der Waals surface area contributed by atoms with Crippen LogP contribution in [0.15, 0.2) is 53.5 Å². The molecule has 37 heavy (non-hydrogen) atoms. The van der Waals surface area contributed by atoms with Crippen LogP contribution in [0.1, 0.15) is 24.1 Å². The van der Waals surface area contributed by atoms with Crippen LogP contribution in [0, 0.1) is 0 Å². The lowest BCUT2D eigenvalue weighted by molar-refractivity contribution is 0.194. The van der Waals surface area contributed by atoms with Crippen molar-refractivity contribution in [2.75, 3.05) is 56.7 Å². The zero-order valence-corrected chi connectivity index (χ0v) is 22.1. The molecule has 1 atom stereocenters. The monoisotopic (exact) mass is 516 g/mol. The maximum Gasteiger partial charge on any atom is 0.260 e. The summed E-state index contributed by atoms with van der Waals surface area (Å²) in [7, 11) is 2.16. The second-order valence-corrected chi connectivity index (χ2v) is 10.9. The maximum atomic E-state index is 13.5. The van der Waals surface area contributed by atoms with Gasteiger partial charge in [0.2, 0.25) is 5.95 Å². The van der Waals surface area contributed by atoms with E-state index in [4.69, 9.17) is 9.72 Å². The fourth-order valence-corrected chi connectivity index (χ4v) is 6.25. The molecule has 6 rings (SSSR count). The number of aromatic nitrogens is 3. The third-order valence-corrected chi connectivity index (χ3v) is 8.64. The molecule has 0 saturated carbocycles. The van der Waals surface area contributed by atoms with Crippen LogP contribution in [0.4, 0.5) is 17.3 Å². The number of hydrogen-bond acceptors (Lipinski definition) is 8. The van der Waals surface area contributed by atoms with E-state index in [-0.39, 0.29) is 5.56 Å². The fourth-order valence-electron chi connectivity index (χ4n) is 5.11. The molecule has 2 aliphatic heterocycles. The normalized spacial score (nSPS) is 18.5. The number of nitrogens with one attached hydrogen (secondary N) is 1. The van der Waals surface area contributed by atoms with E-state index in [2.05, 4.69) is 63.5 Å². The number of benzene rings is 1. The van der Waals surface area contributed by atoms with Gasteiger partial charge in [0.05, 0.1) is 12.2 Å². The molecule has 2 saturated heterocycles. The van der Waals surface area contributed by atoms with Crippen molar-refractivity contribution in [1.82, 2.24) is 19.4 Å². The quantitative estimate of drug-likeness (QED) is 0.403. The maximum absolute atomic E-state index is 13.5. The average Bonchev–Trinajstić information content (AvgIpc) is 3.62. The summed E-state index contributed by atoms with van der Waals surface area (Å²) in [4.78, 5) is 29.8. The molecule has 2 aliphatic rings. The smallest absolute Gasteiger partial charge is 0.260 e. The first-order valence-electron chi connectivity index (χ1n) is 13.0. The third kappa shape index (κ3) is 4.86. The molecule has 1 N–H and O–H groups in total. The molecule has 9 heteroatoms. The highest BCUT2D eigenvalue weighted by molar-refractivity contribution is 7.15. The molecule has 8 nitrogen and oxygen atoms in total. The summed E-state index contributed by atoms with van der Waals surface area (Å²) >= 11 is 1.69. The summed E-state index contributed by atoms with van der Waals surface area (Å²) in [6.07, 6.45) is 2.84. The Morgan fingerprint density at radius 1 is 1.11 bits per heavy atom. The van der Waals surface area contributed by atoms with Crippen molar-refractivity contribution in [2.24, 2.45) is 0 Å². The predicted molar refractivity (Wildman–Crippen MR) is 150 cm³/mol. The van der Waals surface area contributed by atoms with Gasteiger partial charge in [-0.2, -0.15) is 4.98 Å². The standard InChI is InChI=1S/C28H32N6O2S/c1-3-34-26-20(16-23(27(34)35)25-9-8-24(37-25)19-10-15-36-18-19)17-29-28(31-26)30-21-4-6-22(7-5-21)33-13-11-32(2)12-14-33/h4-9,16-17,19H,3,10-15,18H2,1-2H3,(H,29,30,31). The van der Waals surface area contributed by atoms with Crippen LogP contribution in [-0.2, 0) is 11.3 Å². The molecular formula is C28H32N6O2S. The Kier molecular flexibility index (Phi) is 6.67. The van der Waals surface area contributed by atoms with Gasteiger partial charge in [0.25, 0.3) is 5.56 Å². The van der Waals surface area contributed by atoms with Crippen LogP contribution >= 0.6 is 11.3 Å². The summed E-state index contributed by atoms with van der Waals surface area (Å²) in [6.45, 7) is 8.32. The Hall–Kier alpha value is -3.27. The summed E-state index contributed by atoms with van der Waals surface area (Å²) in [5, 5.41) is 4.16. The molecule has 1 unspecified atom stereocenters. The van der Waals surface area contributed by atoms with E-state index in [1.165, 1.54) is 10.6 Å². The van der Waals surface area contributed by atoms with Crippen molar-refractivity contribution >= 4 is 39.7 Å². The Morgan fingerprint density at radius 3 is 2.65 bits per heavy atom. The van der Waals surface area contributed by atoms with Gasteiger partial charge in [-0.3, -0.25) is 9.36 Å². The molecule has 0 bridgehead atoms. The molecule has 5 heterocycles. The highest BCUT2D eigenvalue weighted by atomic mass is 32.1. The highest BCUT2D eigenvalue weighted by Gasteiger charge is 2.21. The van der Waals surface area contributed by atoms with Crippen molar-refractivity contribution < 1.29 is 4.74 Å². The van der Waals surface area contributed by atoms with Gasteiger partial charge in [-0.1, -0.05) is 0 Å². The average molecular weight is 517 g/mol. The van der Waals surface area contributed by atoms with E-state index in [0.29, 0.717) is 29.6 Å². The number of likely N-dealkylation sites (N-methyl/N-ethyl adjacent to an activating group) is 1. The van der Waals surface area contributed by atoms with E-state index in [0.717, 1.165) is 61.8 Å². The van der Waals surface area contributed by atoms with Crippen molar-refractivity contribution in [3.63, 3.8) is 0 Å². The molecule has 192 valence electrons. The summed E-state index contributed by atoms with van der Waals surface area (Å²) in [5.41, 5.74) is 3.47. The molecule has 2 fully saturated rings. The van der Waals surface area contributed by atoms with Gasteiger partial charge >= 0.3 is 0 Å². The largest absolute Gasteiger partial charge is 0.381 e. The predicted octanol–water partition coefficient (Wildman–Crippen LogP) is 4.54. The SMILES string of the molecule is CCn1c(=O)c(-c2ccc(C3CCOC3)s2)cc2cnc(Nc3ccc(N4CCN(C)CC4)cc3)nc21. The molecule has 3 aromatic heterocycles. The number of ether oxygens (including phenoxy) is 1. The molecule has 0 radical (unpaired) electrons. The molecular weight excluding hydrogens is 484 g/mol. The van der Waals surface area contributed by atoms with Gasteiger partial charge < -0.3 is 19.9 Å². The number of nitrogens with zero attached hydrogens (tertiary/aromatic N) is 5. The van der Waals surface area contributed by atoms with E-state index in [1.54, 1.807) is 22.1 Å². The van der Waals surface area contributed by atoms with Gasteiger partial charge in [-0.25, -0.2) is 4.98 Å². The number of fused-ring (bicyclic) bond motifs is 1. The topological polar surface area (TPSA) is 75.5 Å². The van der Waals surface area contributed by atoms with Crippen LogP contribution in [0.2, 0.25) is 0 Å². The zero-order chi connectivity index (χ0) is 25.4. The van der Waals surface area contributed by atoms with E-state index in [9.17, 15) is 4.79 Å². The van der Waals surface area contributed by atoms with Crippen LogP contribution < -0.4 is 15.8 Å². The molecule has 0 spiro atoms. The summed E-state index contributed by atoms with van der Waals surface area (Å²) in [6, 6.07) is 14.5. The summed E-state index contributed by atoms with van der Waals surface area (Å²) < 4.78 is 7.29. The number of thiophene rings is 1. The molecule has 4 aromatic rings. The van der Waals surface area contributed by atoms with Gasteiger partial charge in [0.1, 0.15) is 5.65 Å². The first kappa shape index (κ1) is 24.1. The second kappa shape index (κ2) is 10.2. The lowest BCUT2D eigenvalue weighted by atomic mass is 10.1. The first-order valence-corrected chi connectivity index (χ1v) is 13.8. The zero-order valence-electron chi connectivity index (χ0n) is 21.3. The third-order valence-electron chi connectivity index (χ3n) is 7.36. The number of piperazine rings is 1. The van der Waals surface area contributed by atoms with Crippen molar-refractivity contribution in [2.45, 2.75) is 25.8 Å². The Morgan fingerprint density at radius 2 is 1.92 bits per heavy atom. The van der Waals surface area contributed by atoms with Crippen LogP contribution in [0.25, 0.3) is 21.5 Å². The number of rotatable bonds is 6. The number of pyridine rings is 1. The molecule has 1 aromatic carbocycles. The van der Waals surface area contributed by atoms with E-state index >= 15 is 0 Å². The van der Waals surface area contributed by atoms with E-state index in [1.807, 2.05) is 13.0 Å². The Balaban J connectivity index is 1.25. The minimum absolute atomic E-state index is 0.0211. The van der Waals surface area contributed by atoms with Gasteiger partial charge in [-0.05, 0) is 62.9 Å². The van der Waals surface area contributed by atoms with Crippen LogP contribution in [0.5, 0.6) is 0 Å². The van der Waals surface area contributed by atoms with Crippen molar-refractivity contribution in [1.29, 1.82) is 0 Å². The van der Waals surface area contributed by atoms with Crippen LogP contribution in [0.3, 0.4) is 0 Å². The van der Waals surface area contributed by atoms with Gasteiger partial charge in [0, 0.05) is 78.0 Å². The van der Waals surface area contributed by atoms with Crippen molar-refractivity contribution in [3.8, 4) is 10.4 Å². The van der Waals surface area contributed by atoms with Gasteiger partial charge in [-0.15, -0.1) is 11.3 Å². The molecule has 0 amide bonds. The number of anilines is 3. The lowest BCUT2D eigenvalue weighted by Gasteiger charge is -2.34.